The maximum atomic E-state index is 10.7. The number of benzene rings is 1. The summed E-state index contributed by atoms with van der Waals surface area (Å²) in [5.74, 6) is 0. The van der Waals surface area contributed by atoms with Gasteiger partial charge < -0.3 is 34.4 Å². The van der Waals surface area contributed by atoms with Crippen molar-refractivity contribution in [3.8, 4) is 0 Å². The molecule has 0 bridgehead atoms. The zero-order valence-electron chi connectivity index (χ0n) is 15.9. The zero-order chi connectivity index (χ0) is 20.5. The van der Waals surface area contributed by atoms with Crippen LogP contribution in [0.1, 0.15) is 24.8 Å². The highest BCUT2D eigenvalue weighted by Gasteiger charge is 2.47. The molecule has 1 unspecified atom stereocenters. The molecule has 11 heteroatoms. The van der Waals surface area contributed by atoms with Gasteiger partial charge in [0.05, 0.1) is 11.7 Å². The Bertz CT molecular complexity index is 1060. The number of H-pyrrole nitrogens is 1. The molecule has 0 saturated carbocycles. The molecule has 2 aromatic heterocycles. The first-order chi connectivity index (χ1) is 14.0. The normalized spacial score (nSPS) is 25.3. The van der Waals surface area contributed by atoms with Crippen LogP contribution in [-0.2, 0) is 9.57 Å². The molecule has 4 N–H and O–H groups in total. The van der Waals surface area contributed by atoms with Gasteiger partial charge in [-0.3, -0.25) is 0 Å². The van der Waals surface area contributed by atoms with Crippen molar-refractivity contribution < 1.29 is 24.9 Å². The van der Waals surface area contributed by atoms with E-state index in [0.717, 1.165) is 0 Å². The van der Waals surface area contributed by atoms with Gasteiger partial charge in [0.1, 0.15) is 36.7 Å². The topological polar surface area (TPSA) is 125 Å². The van der Waals surface area contributed by atoms with Crippen molar-refractivity contribution in [3.63, 3.8) is 0 Å². The lowest BCUT2D eigenvalue weighted by Gasteiger charge is -2.21. The number of ether oxygens (including phenoxy) is 1. The average molecular weight is 457 g/mol. The summed E-state index contributed by atoms with van der Waals surface area (Å²) in [6.07, 6.45) is -2.50. The summed E-state index contributed by atoms with van der Waals surface area (Å²) < 4.78 is 7.51. The van der Waals surface area contributed by atoms with Crippen molar-refractivity contribution in [2.75, 3.05) is 6.61 Å². The minimum absolute atomic E-state index is 0. The van der Waals surface area contributed by atoms with Gasteiger partial charge >= 0.3 is 0 Å². The van der Waals surface area contributed by atoms with Crippen LogP contribution in [0.5, 0.6) is 0 Å². The number of aromatic amines is 1. The molecule has 0 aliphatic carbocycles. The van der Waals surface area contributed by atoms with Gasteiger partial charge in [0.15, 0.2) is 6.23 Å². The fraction of sp³-hybridized carbons (Fsp3) is 0.368. The molecule has 0 radical (unpaired) electrons. The largest absolute Gasteiger partial charge is 0.394 e. The second-order valence-electron chi connectivity index (χ2n) is 6.69. The minimum Gasteiger partial charge on any atom is -0.394 e. The first-order valence-electron chi connectivity index (χ1n) is 9.16. The monoisotopic (exact) mass is 456 g/mol. The standard InChI is InChI=1S/C19H21ClN4O5.ClH/c1-2-28-23-17-12-7-8-24(18(12)22-9-21-17)19-15(27)14(26)16(29-19)13(25)10-3-5-11(20)6-4-10;/h3-9,13-16,19,25-27H,2H2,1H3,(H,21,22,23);1H/t13?,14-,15+,16+,19+;/m0./s1. The molecule has 0 amide bonds. The molecule has 1 fully saturated rings. The molecule has 1 aliphatic heterocycles. The van der Waals surface area contributed by atoms with E-state index in [4.69, 9.17) is 21.2 Å². The van der Waals surface area contributed by atoms with Crippen LogP contribution in [0.3, 0.4) is 0 Å². The van der Waals surface area contributed by atoms with Crippen LogP contribution in [0.25, 0.3) is 11.0 Å². The van der Waals surface area contributed by atoms with Crippen LogP contribution >= 0.6 is 24.0 Å². The van der Waals surface area contributed by atoms with Crippen LogP contribution in [0.15, 0.2) is 48.0 Å². The molecule has 1 aliphatic rings. The van der Waals surface area contributed by atoms with Gasteiger partial charge in [-0.15, -0.1) is 12.4 Å². The molecule has 9 nitrogen and oxygen atoms in total. The smallest absolute Gasteiger partial charge is 0.203 e. The summed E-state index contributed by atoms with van der Waals surface area (Å²) in [5.41, 5.74) is 1.48. The number of fused-ring (bicyclic) bond motifs is 1. The van der Waals surface area contributed by atoms with Gasteiger partial charge in [0.25, 0.3) is 0 Å². The Morgan fingerprint density at radius 3 is 2.70 bits per heavy atom. The van der Waals surface area contributed by atoms with Gasteiger partial charge in [-0.25, -0.2) is 4.98 Å². The van der Waals surface area contributed by atoms with Crippen LogP contribution < -0.4 is 5.49 Å². The first kappa shape index (κ1) is 22.5. The number of hydrogen-bond donors (Lipinski definition) is 4. The van der Waals surface area contributed by atoms with Gasteiger partial charge in [0.2, 0.25) is 5.49 Å². The van der Waals surface area contributed by atoms with E-state index in [1.165, 1.54) is 6.33 Å². The van der Waals surface area contributed by atoms with Gasteiger partial charge in [0, 0.05) is 11.2 Å². The van der Waals surface area contributed by atoms with Crippen molar-refractivity contribution in [1.82, 2.24) is 14.5 Å². The SMILES string of the molecule is CCO/N=c1\nc[nH]c2c1ccn2[C@@H]1O[C@H](C(O)c2ccc(Cl)cc2)[C@@H](O)[C@H]1O.Cl. The lowest BCUT2D eigenvalue weighted by atomic mass is 9.99. The van der Waals surface area contributed by atoms with Crippen molar-refractivity contribution in [1.29, 1.82) is 0 Å². The summed E-state index contributed by atoms with van der Waals surface area (Å²) in [7, 11) is 0. The Labute approximate surface area is 182 Å². The fourth-order valence-corrected chi connectivity index (χ4v) is 3.57. The molecule has 0 spiro atoms. The van der Waals surface area contributed by atoms with Crippen molar-refractivity contribution in [2.24, 2.45) is 5.16 Å². The highest BCUT2D eigenvalue weighted by Crippen LogP contribution is 2.37. The van der Waals surface area contributed by atoms with Crippen molar-refractivity contribution >= 4 is 35.0 Å². The van der Waals surface area contributed by atoms with E-state index >= 15 is 0 Å². The fourth-order valence-electron chi connectivity index (χ4n) is 3.44. The lowest BCUT2D eigenvalue weighted by Crippen LogP contribution is -2.34. The van der Waals surface area contributed by atoms with Gasteiger partial charge in [-0.2, -0.15) is 0 Å². The highest BCUT2D eigenvalue weighted by atomic mass is 35.5. The lowest BCUT2D eigenvalue weighted by molar-refractivity contribution is -0.0848. The summed E-state index contributed by atoms with van der Waals surface area (Å²) in [4.78, 5) is 12.2. The van der Waals surface area contributed by atoms with Crippen LogP contribution in [0.2, 0.25) is 5.02 Å². The van der Waals surface area contributed by atoms with E-state index < -0.39 is 30.6 Å². The molecule has 162 valence electrons. The molecule has 1 aromatic carbocycles. The predicted octanol–water partition coefficient (Wildman–Crippen LogP) is 1.64. The maximum absolute atomic E-state index is 10.7. The average Bonchev–Trinajstić information content (AvgIpc) is 3.28. The molecule has 30 heavy (non-hydrogen) atoms. The summed E-state index contributed by atoms with van der Waals surface area (Å²) in [5, 5.41) is 37.0. The van der Waals surface area contributed by atoms with Crippen LogP contribution in [0, 0.1) is 0 Å². The first-order valence-corrected chi connectivity index (χ1v) is 9.54. The summed E-state index contributed by atoms with van der Waals surface area (Å²) >= 11 is 5.89. The Morgan fingerprint density at radius 2 is 2.00 bits per heavy atom. The Kier molecular flexibility index (Phi) is 7.02. The number of aromatic nitrogens is 3. The maximum Gasteiger partial charge on any atom is 0.203 e. The quantitative estimate of drug-likeness (QED) is 0.432. The molecular formula is C19H22Cl2N4O5. The number of rotatable bonds is 5. The van der Waals surface area contributed by atoms with Gasteiger partial charge in [-0.05, 0) is 30.7 Å². The number of hydrogen-bond acceptors (Lipinski definition) is 7. The van der Waals surface area contributed by atoms with E-state index in [-0.39, 0.29) is 12.4 Å². The van der Waals surface area contributed by atoms with E-state index in [9.17, 15) is 15.3 Å². The molecule has 3 aromatic rings. The van der Waals surface area contributed by atoms with Crippen molar-refractivity contribution in [2.45, 2.75) is 37.6 Å². The van der Waals surface area contributed by atoms with Crippen molar-refractivity contribution in [3.05, 3.63) is 58.9 Å². The molecule has 4 rings (SSSR count). The zero-order valence-corrected chi connectivity index (χ0v) is 17.5. The Balaban J connectivity index is 0.00000256. The van der Waals surface area contributed by atoms with Crippen LogP contribution in [0.4, 0.5) is 0 Å². The van der Waals surface area contributed by atoms with E-state index in [0.29, 0.717) is 33.7 Å². The van der Waals surface area contributed by atoms with E-state index in [2.05, 4.69) is 15.1 Å². The van der Waals surface area contributed by atoms with E-state index in [1.807, 2.05) is 6.92 Å². The van der Waals surface area contributed by atoms with Crippen LogP contribution in [-0.4, -0.2) is 54.8 Å². The van der Waals surface area contributed by atoms with Gasteiger partial charge in [-0.1, -0.05) is 28.9 Å². The number of halogens is 2. The number of aliphatic hydroxyl groups is 3. The Morgan fingerprint density at radius 1 is 1.27 bits per heavy atom. The third-order valence-electron chi connectivity index (χ3n) is 4.90. The van der Waals surface area contributed by atoms with E-state index in [1.54, 1.807) is 41.1 Å². The third kappa shape index (κ3) is 4.04. The molecule has 3 heterocycles. The molecular weight excluding hydrogens is 435 g/mol. The summed E-state index contributed by atoms with van der Waals surface area (Å²) in [6.45, 7) is 2.22. The number of aliphatic hydroxyl groups excluding tert-OH is 3. The number of nitrogens with zero attached hydrogens (tertiary/aromatic N) is 3. The third-order valence-corrected chi connectivity index (χ3v) is 5.15. The Hall–Kier alpha value is -2.14. The minimum atomic E-state index is -1.29. The predicted molar refractivity (Wildman–Crippen MR) is 111 cm³/mol. The highest BCUT2D eigenvalue weighted by molar-refractivity contribution is 6.30. The second kappa shape index (κ2) is 9.34. The number of nitrogens with one attached hydrogen (secondary N) is 1. The second-order valence-corrected chi connectivity index (χ2v) is 7.13. The molecule has 5 atom stereocenters. The molecule has 1 saturated heterocycles. The summed E-state index contributed by atoms with van der Waals surface area (Å²) in [6, 6.07) is 8.33.